The number of nitrogens with zero attached hydrogens (tertiary/aromatic N) is 1. The van der Waals surface area contributed by atoms with Crippen molar-refractivity contribution in [3.63, 3.8) is 0 Å². The third kappa shape index (κ3) is 2.79. The topological polar surface area (TPSA) is 42.7 Å². The molecule has 0 fully saturated rings. The van der Waals surface area contributed by atoms with Crippen LogP contribution in [0.15, 0.2) is 34.8 Å². The molecule has 1 aromatic carbocycles. The Labute approximate surface area is 124 Å². The zero-order valence-corrected chi connectivity index (χ0v) is 12.4. The van der Waals surface area contributed by atoms with Crippen LogP contribution in [0.3, 0.4) is 0 Å². The summed E-state index contributed by atoms with van der Waals surface area (Å²) in [4.78, 5) is 13.4. The van der Waals surface area contributed by atoms with Crippen molar-refractivity contribution in [3.8, 4) is 0 Å². The second-order valence-corrected chi connectivity index (χ2v) is 5.28. The lowest BCUT2D eigenvalue weighted by molar-refractivity contribution is 0.111. The molecule has 0 spiro atoms. The maximum atomic E-state index is 11.7. The first kappa shape index (κ1) is 13.7. The van der Waals surface area contributed by atoms with Gasteiger partial charge in [-0.2, -0.15) is 0 Å². The Bertz CT molecular complexity index is 699. The second-order valence-electron chi connectivity index (χ2n) is 5.28. The lowest BCUT2D eigenvalue weighted by atomic mass is 10.1. The summed E-state index contributed by atoms with van der Waals surface area (Å²) in [6.45, 7) is 5.54. The van der Waals surface area contributed by atoms with Gasteiger partial charge in [-0.15, -0.1) is 0 Å². The predicted molar refractivity (Wildman–Crippen MR) is 82.1 cm³/mol. The number of aryl methyl sites for hydroxylation is 1. The lowest BCUT2D eigenvalue weighted by Crippen LogP contribution is -2.35. The van der Waals surface area contributed by atoms with Crippen molar-refractivity contribution >= 4 is 22.6 Å². The summed E-state index contributed by atoms with van der Waals surface area (Å²) in [5, 5.41) is 1.12. The molecular formula is C17H19NO3. The first-order chi connectivity index (χ1) is 10.2. The Kier molecular flexibility index (Phi) is 3.69. The Morgan fingerprint density at radius 2 is 2.24 bits per heavy atom. The number of fused-ring (bicyclic) bond motifs is 1. The molecule has 4 heteroatoms. The number of amides is 1. The van der Waals surface area contributed by atoms with Crippen molar-refractivity contribution in [2.75, 3.05) is 19.7 Å². The maximum absolute atomic E-state index is 11.7. The molecule has 0 aliphatic carbocycles. The number of carbonyl (C=O) groups is 1. The molecule has 0 bridgehead atoms. The summed E-state index contributed by atoms with van der Waals surface area (Å²) >= 11 is 0. The molecule has 2 heterocycles. The van der Waals surface area contributed by atoms with Crippen LogP contribution in [-0.2, 0) is 4.74 Å². The van der Waals surface area contributed by atoms with E-state index in [2.05, 4.69) is 19.1 Å². The van der Waals surface area contributed by atoms with E-state index in [4.69, 9.17) is 9.15 Å². The molecule has 3 rings (SSSR count). The highest BCUT2D eigenvalue weighted by molar-refractivity contribution is 5.83. The molecule has 2 aromatic rings. The largest absolute Gasteiger partial charge is 0.456 e. The van der Waals surface area contributed by atoms with Crippen molar-refractivity contribution < 1.29 is 13.9 Å². The standard InChI is InChI=1S/C17H19NO3/c1-3-20-17(19)18-8-6-13(7-9-18)16-11-14-10-12(2)4-5-15(14)21-16/h4-6,10-11H,3,7-9H2,1-2H3. The number of hydrogen-bond donors (Lipinski definition) is 0. The van der Waals surface area contributed by atoms with Crippen LogP contribution in [0.2, 0.25) is 0 Å². The van der Waals surface area contributed by atoms with Gasteiger partial charge >= 0.3 is 6.09 Å². The second kappa shape index (κ2) is 5.64. The number of furan rings is 1. The van der Waals surface area contributed by atoms with Crippen LogP contribution in [0.5, 0.6) is 0 Å². The van der Waals surface area contributed by atoms with Crippen molar-refractivity contribution in [1.29, 1.82) is 0 Å². The molecule has 0 radical (unpaired) electrons. The van der Waals surface area contributed by atoms with Gasteiger partial charge in [0.05, 0.1) is 6.61 Å². The first-order valence-electron chi connectivity index (χ1n) is 7.28. The molecule has 4 nitrogen and oxygen atoms in total. The lowest BCUT2D eigenvalue weighted by Gasteiger charge is -2.24. The molecule has 0 saturated heterocycles. The maximum Gasteiger partial charge on any atom is 0.410 e. The van der Waals surface area contributed by atoms with Crippen molar-refractivity contribution in [3.05, 3.63) is 41.7 Å². The minimum atomic E-state index is -0.243. The van der Waals surface area contributed by atoms with E-state index in [0.717, 1.165) is 28.7 Å². The van der Waals surface area contributed by atoms with E-state index in [1.807, 2.05) is 25.1 Å². The van der Waals surface area contributed by atoms with Crippen LogP contribution >= 0.6 is 0 Å². The summed E-state index contributed by atoms with van der Waals surface area (Å²) in [6.07, 6.45) is 2.59. The van der Waals surface area contributed by atoms with Crippen LogP contribution in [0.4, 0.5) is 4.79 Å². The van der Waals surface area contributed by atoms with Crippen LogP contribution in [-0.4, -0.2) is 30.7 Å². The number of ether oxygens (including phenoxy) is 1. The summed E-state index contributed by atoms with van der Waals surface area (Å²) in [5.41, 5.74) is 3.29. The van der Waals surface area contributed by atoms with Gasteiger partial charge in [0, 0.05) is 18.5 Å². The highest BCUT2D eigenvalue weighted by Crippen LogP contribution is 2.29. The average molecular weight is 285 g/mol. The predicted octanol–water partition coefficient (Wildman–Crippen LogP) is 3.99. The van der Waals surface area contributed by atoms with Gasteiger partial charge in [-0.1, -0.05) is 17.7 Å². The summed E-state index contributed by atoms with van der Waals surface area (Å²) in [7, 11) is 0. The quantitative estimate of drug-likeness (QED) is 0.838. The third-order valence-electron chi connectivity index (χ3n) is 3.72. The molecule has 1 amide bonds. The van der Waals surface area contributed by atoms with E-state index in [1.165, 1.54) is 5.56 Å². The molecule has 1 aliphatic rings. The minimum absolute atomic E-state index is 0.243. The average Bonchev–Trinajstić information content (AvgIpc) is 2.90. The Hall–Kier alpha value is -2.23. The number of benzene rings is 1. The summed E-state index contributed by atoms with van der Waals surface area (Å²) in [5.74, 6) is 0.902. The van der Waals surface area contributed by atoms with Crippen molar-refractivity contribution in [1.82, 2.24) is 4.90 Å². The fourth-order valence-corrected chi connectivity index (χ4v) is 2.59. The monoisotopic (exact) mass is 285 g/mol. The molecule has 0 atom stereocenters. The van der Waals surface area contributed by atoms with Crippen molar-refractivity contribution in [2.45, 2.75) is 20.3 Å². The fourth-order valence-electron chi connectivity index (χ4n) is 2.59. The molecule has 21 heavy (non-hydrogen) atoms. The van der Waals surface area contributed by atoms with Gasteiger partial charge in [0.25, 0.3) is 0 Å². The van der Waals surface area contributed by atoms with Gasteiger partial charge in [0.1, 0.15) is 11.3 Å². The van der Waals surface area contributed by atoms with E-state index in [0.29, 0.717) is 19.7 Å². The number of hydrogen-bond acceptors (Lipinski definition) is 3. The smallest absolute Gasteiger partial charge is 0.410 e. The van der Waals surface area contributed by atoms with E-state index < -0.39 is 0 Å². The van der Waals surface area contributed by atoms with Crippen LogP contribution < -0.4 is 0 Å². The SMILES string of the molecule is CCOC(=O)N1CC=C(c2cc3cc(C)ccc3o2)CC1. The summed E-state index contributed by atoms with van der Waals surface area (Å²) < 4.78 is 10.9. The van der Waals surface area contributed by atoms with Gasteiger partial charge < -0.3 is 14.1 Å². The molecule has 110 valence electrons. The molecule has 1 aliphatic heterocycles. The van der Waals surface area contributed by atoms with Crippen LogP contribution in [0.25, 0.3) is 16.5 Å². The zero-order chi connectivity index (χ0) is 14.8. The van der Waals surface area contributed by atoms with Crippen LogP contribution in [0.1, 0.15) is 24.7 Å². The van der Waals surface area contributed by atoms with Gasteiger partial charge in [-0.25, -0.2) is 4.79 Å². The zero-order valence-electron chi connectivity index (χ0n) is 12.4. The molecule has 0 unspecified atom stereocenters. The molecule has 0 saturated carbocycles. The normalized spacial score (nSPS) is 15.1. The molecular weight excluding hydrogens is 266 g/mol. The van der Waals surface area contributed by atoms with Crippen LogP contribution in [0, 0.1) is 6.92 Å². The molecule has 0 N–H and O–H groups in total. The van der Waals surface area contributed by atoms with E-state index >= 15 is 0 Å². The van der Waals surface area contributed by atoms with E-state index in [-0.39, 0.29) is 6.09 Å². The third-order valence-corrected chi connectivity index (χ3v) is 3.72. The van der Waals surface area contributed by atoms with E-state index in [1.54, 1.807) is 4.90 Å². The number of carbonyl (C=O) groups excluding carboxylic acids is 1. The Balaban J connectivity index is 1.79. The van der Waals surface area contributed by atoms with Gasteiger partial charge in [-0.3, -0.25) is 0 Å². The van der Waals surface area contributed by atoms with Gasteiger partial charge in [-0.05, 0) is 44.0 Å². The first-order valence-corrected chi connectivity index (χ1v) is 7.28. The van der Waals surface area contributed by atoms with E-state index in [9.17, 15) is 4.79 Å². The van der Waals surface area contributed by atoms with Gasteiger partial charge in [0.15, 0.2) is 0 Å². The fraction of sp³-hybridized carbons (Fsp3) is 0.353. The minimum Gasteiger partial charge on any atom is -0.456 e. The highest BCUT2D eigenvalue weighted by atomic mass is 16.6. The summed E-state index contributed by atoms with van der Waals surface area (Å²) in [6, 6.07) is 8.25. The molecule has 1 aromatic heterocycles. The number of rotatable bonds is 2. The van der Waals surface area contributed by atoms with Gasteiger partial charge in [0.2, 0.25) is 0 Å². The van der Waals surface area contributed by atoms with Crippen molar-refractivity contribution in [2.24, 2.45) is 0 Å². The highest BCUT2D eigenvalue weighted by Gasteiger charge is 2.20. The Morgan fingerprint density at radius 1 is 1.38 bits per heavy atom. The Morgan fingerprint density at radius 3 is 2.95 bits per heavy atom.